The van der Waals surface area contributed by atoms with Crippen LogP contribution in [0.15, 0.2) is 4.73 Å². The van der Waals surface area contributed by atoms with E-state index in [0.29, 0.717) is 4.73 Å². The van der Waals surface area contributed by atoms with Crippen LogP contribution in [0.2, 0.25) is 10.3 Å². The van der Waals surface area contributed by atoms with E-state index in [4.69, 9.17) is 27.9 Å². The van der Waals surface area contributed by atoms with Gasteiger partial charge in [0.2, 0.25) is 0 Å². The topological polar surface area (TPSA) is 27.1 Å². The van der Waals surface area contributed by atoms with Crippen molar-refractivity contribution in [2.75, 3.05) is 13.3 Å². The van der Waals surface area contributed by atoms with Gasteiger partial charge >= 0.3 is 0 Å². The average molecular weight is 292 g/mol. The number of hydrogen-bond acceptors (Lipinski definition) is 2. The molecule has 0 spiro atoms. The summed E-state index contributed by atoms with van der Waals surface area (Å²) in [5, 5.41) is 0.463. The Labute approximate surface area is 92.9 Å². The fourth-order valence-electron chi connectivity index (χ4n) is 0.700. The normalized spacial score (nSPS) is 10.8. The minimum absolute atomic E-state index is 0.0264. The lowest BCUT2D eigenvalue weighted by atomic mass is 10.8. The van der Waals surface area contributed by atoms with E-state index in [1.54, 1.807) is 0 Å². The summed E-state index contributed by atoms with van der Waals surface area (Å²) in [6.07, 6.45) is 0. The lowest BCUT2D eigenvalue weighted by molar-refractivity contribution is 0.0653. The van der Waals surface area contributed by atoms with E-state index in [9.17, 15) is 4.39 Å². The van der Waals surface area contributed by atoms with Crippen LogP contribution in [-0.4, -0.2) is 22.8 Å². The molecule has 0 bridgehead atoms. The SMILES string of the molecule is FCCOCn1c(Br)nc(Cl)c1Cl. The van der Waals surface area contributed by atoms with Crippen molar-refractivity contribution in [3.63, 3.8) is 0 Å². The molecule has 3 nitrogen and oxygen atoms in total. The Morgan fingerprint density at radius 2 is 2.23 bits per heavy atom. The van der Waals surface area contributed by atoms with Crippen molar-refractivity contribution >= 4 is 39.1 Å². The van der Waals surface area contributed by atoms with Gasteiger partial charge in [-0.15, -0.1) is 0 Å². The maximum absolute atomic E-state index is 11.7. The van der Waals surface area contributed by atoms with Gasteiger partial charge in [0, 0.05) is 0 Å². The van der Waals surface area contributed by atoms with Crippen molar-refractivity contribution in [1.29, 1.82) is 0 Å². The molecule has 74 valence electrons. The smallest absolute Gasteiger partial charge is 0.181 e. The third-order valence-corrected chi connectivity index (χ3v) is 2.61. The minimum Gasteiger partial charge on any atom is -0.358 e. The highest BCUT2D eigenvalue weighted by molar-refractivity contribution is 9.10. The molecule has 1 aromatic heterocycles. The first kappa shape index (κ1) is 11.2. The van der Waals surface area contributed by atoms with E-state index >= 15 is 0 Å². The first-order chi connectivity index (χ1) is 6.16. The van der Waals surface area contributed by atoms with Gasteiger partial charge in [0.05, 0.1) is 6.61 Å². The van der Waals surface area contributed by atoms with Gasteiger partial charge in [-0.2, -0.15) is 0 Å². The lowest BCUT2D eigenvalue weighted by Gasteiger charge is -2.04. The van der Waals surface area contributed by atoms with Gasteiger partial charge in [-0.1, -0.05) is 23.2 Å². The molecule has 0 atom stereocenters. The van der Waals surface area contributed by atoms with Crippen LogP contribution in [0.4, 0.5) is 4.39 Å². The standard InChI is InChI=1S/C6H6BrCl2FN2O/c7-6-11-4(8)5(9)12(6)3-13-2-1-10/h1-3H2. The largest absolute Gasteiger partial charge is 0.358 e. The van der Waals surface area contributed by atoms with E-state index in [-0.39, 0.29) is 23.6 Å². The Morgan fingerprint density at radius 1 is 1.54 bits per heavy atom. The van der Waals surface area contributed by atoms with Crippen LogP contribution in [0, 0.1) is 0 Å². The van der Waals surface area contributed by atoms with E-state index < -0.39 is 6.67 Å². The van der Waals surface area contributed by atoms with E-state index in [1.165, 1.54) is 4.57 Å². The Balaban J connectivity index is 2.64. The molecular weight excluding hydrogens is 286 g/mol. The van der Waals surface area contributed by atoms with E-state index in [2.05, 4.69) is 20.9 Å². The molecule has 7 heteroatoms. The van der Waals surface area contributed by atoms with Crippen LogP contribution in [-0.2, 0) is 11.5 Å². The van der Waals surface area contributed by atoms with Gasteiger partial charge in [-0.05, 0) is 15.9 Å². The molecule has 1 aromatic rings. The quantitative estimate of drug-likeness (QED) is 0.798. The molecular formula is C6H6BrCl2FN2O. The van der Waals surface area contributed by atoms with Gasteiger partial charge in [-0.3, -0.25) is 4.57 Å². The summed E-state index contributed by atoms with van der Waals surface area (Å²) in [5.41, 5.74) is 0. The average Bonchev–Trinajstić information content (AvgIpc) is 2.32. The van der Waals surface area contributed by atoms with Crippen LogP contribution in [0.3, 0.4) is 0 Å². The molecule has 0 fully saturated rings. The van der Waals surface area contributed by atoms with Crippen molar-refractivity contribution in [3.8, 4) is 0 Å². The van der Waals surface area contributed by atoms with Crippen molar-refractivity contribution in [1.82, 2.24) is 9.55 Å². The second kappa shape index (κ2) is 5.14. The van der Waals surface area contributed by atoms with Crippen LogP contribution in [0.1, 0.15) is 0 Å². The number of imidazole rings is 1. The Bertz CT molecular complexity index is 294. The zero-order valence-electron chi connectivity index (χ0n) is 6.44. The molecule has 0 aromatic carbocycles. The number of halogens is 4. The maximum Gasteiger partial charge on any atom is 0.181 e. The highest BCUT2D eigenvalue weighted by Gasteiger charge is 2.11. The molecule has 0 amide bonds. The van der Waals surface area contributed by atoms with Crippen molar-refractivity contribution in [3.05, 3.63) is 15.0 Å². The molecule has 13 heavy (non-hydrogen) atoms. The fraction of sp³-hybridized carbons (Fsp3) is 0.500. The highest BCUT2D eigenvalue weighted by atomic mass is 79.9. The molecule has 0 aliphatic rings. The van der Waals surface area contributed by atoms with Gasteiger partial charge in [0.1, 0.15) is 13.4 Å². The molecule has 0 saturated heterocycles. The Hall–Kier alpha value is 0.160. The number of ether oxygens (including phenoxy) is 1. The third-order valence-electron chi connectivity index (χ3n) is 1.26. The summed E-state index contributed by atoms with van der Waals surface area (Å²) in [6.45, 7) is -0.376. The number of aromatic nitrogens is 2. The number of rotatable bonds is 4. The van der Waals surface area contributed by atoms with Gasteiger partial charge in [-0.25, -0.2) is 9.37 Å². The van der Waals surface area contributed by atoms with Gasteiger partial charge < -0.3 is 4.74 Å². The van der Waals surface area contributed by atoms with Crippen molar-refractivity contribution in [2.24, 2.45) is 0 Å². The molecule has 0 saturated carbocycles. The van der Waals surface area contributed by atoms with E-state index in [0.717, 1.165) is 0 Å². The Morgan fingerprint density at radius 3 is 2.69 bits per heavy atom. The second-order valence-corrected chi connectivity index (χ2v) is 3.54. The van der Waals surface area contributed by atoms with Crippen molar-refractivity contribution < 1.29 is 9.13 Å². The highest BCUT2D eigenvalue weighted by Crippen LogP contribution is 2.25. The minimum atomic E-state index is -0.530. The number of hydrogen-bond donors (Lipinski definition) is 0. The summed E-state index contributed by atoms with van der Waals surface area (Å²) in [5.74, 6) is 0. The van der Waals surface area contributed by atoms with Crippen LogP contribution in [0.5, 0.6) is 0 Å². The van der Waals surface area contributed by atoms with E-state index in [1.807, 2.05) is 0 Å². The van der Waals surface area contributed by atoms with Crippen LogP contribution >= 0.6 is 39.1 Å². The first-order valence-corrected chi connectivity index (χ1v) is 4.92. The maximum atomic E-state index is 11.7. The monoisotopic (exact) mass is 290 g/mol. The summed E-state index contributed by atoms with van der Waals surface area (Å²) >= 11 is 14.5. The molecule has 1 rings (SSSR count). The number of alkyl halides is 1. The van der Waals surface area contributed by atoms with Crippen molar-refractivity contribution in [2.45, 2.75) is 6.73 Å². The third kappa shape index (κ3) is 2.80. The molecule has 0 aliphatic heterocycles. The molecule has 0 unspecified atom stereocenters. The molecule has 1 heterocycles. The predicted molar refractivity (Wildman–Crippen MR) is 51.9 cm³/mol. The molecule has 0 N–H and O–H groups in total. The van der Waals surface area contributed by atoms with Crippen LogP contribution < -0.4 is 0 Å². The predicted octanol–water partition coefficient (Wildman–Crippen LogP) is 2.90. The summed E-state index contributed by atoms with van der Waals surface area (Å²) < 4.78 is 18.5. The fourth-order valence-corrected chi connectivity index (χ4v) is 1.71. The zero-order valence-corrected chi connectivity index (χ0v) is 9.53. The lowest BCUT2D eigenvalue weighted by Crippen LogP contribution is -2.04. The summed E-state index contributed by atoms with van der Waals surface area (Å²) in [4.78, 5) is 3.83. The van der Waals surface area contributed by atoms with Crippen LogP contribution in [0.25, 0.3) is 0 Å². The Kier molecular flexibility index (Phi) is 4.45. The molecule has 0 aliphatic carbocycles. The molecule has 0 radical (unpaired) electrons. The van der Waals surface area contributed by atoms with Gasteiger partial charge in [0.25, 0.3) is 0 Å². The zero-order chi connectivity index (χ0) is 9.84. The summed E-state index contributed by atoms with van der Waals surface area (Å²) in [6, 6.07) is 0. The van der Waals surface area contributed by atoms with Gasteiger partial charge in [0.15, 0.2) is 15.0 Å². The first-order valence-electron chi connectivity index (χ1n) is 3.37. The second-order valence-electron chi connectivity index (χ2n) is 2.12. The number of nitrogens with zero attached hydrogens (tertiary/aromatic N) is 2. The summed E-state index contributed by atoms with van der Waals surface area (Å²) in [7, 11) is 0.